The fourth-order valence-corrected chi connectivity index (χ4v) is 4.91. The third-order valence-electron chi connectivity index (χ3n) is 6.86. The predicted octanol–water partition coefficient (Wildman–Crippen LogP) is 4.72. The van der Waals surface area contributed by atoms with Crippen molar-refractivity contribution in [2.24, 2.45) is 0 Å². The zero-order valence-corrected chi connectivity index (χ0v) is 19.6. The molecule has 184 valence electrons. The van der Waals surface area contributed by atoms with Gasteiger partial charge in [-0.1, -0.05) is 43.3 Å². The molecular weight excluding hydrogens is 453 g/mol. The Kier molecular flexibility index (Phi) is 7.57. The van der Waals surface area contributed by atoms with Crippen LogP contribution in [0.4, 0.5) is 13.2 Å². The third-order valence-corrected chi connectivity index (χ3v) is 6.86. The van der Waals surface area contributed by atoms with Crippen molar-refractivity contribution in [1.82, 2.24) is 10.2 Å². The zero-order chi connectivity index (χ0) is 25.0. The van der Waals surface area contributed by atoms with E-state index < -0.39 is 29.2 Å². The van der Waals surface area contributed by atoms with E-state index in [1.165, 1.54) is 36.4 Å². The quantitative estimate of drug-likeness (QED) is 0.488. The number of benzene rings is 3. The maximum Gasteiger partial charge on any atom is 0.235 e. The first-order valence-corrected chi connectivity index (χ1v) is 11.8. The van der Waals surface area contributed by atoms with E-state index in [2.05, 4.69) is 10.2 Å². The van der Waals surface area contributed by atoms with Crippen molar-refractivity contribution >= 4 is 5.91 Å². The highest BCUT2D eigenvalue weighted by molar-refractivity contribution is 5.92. The number of rotatable bonds is 8. The van der Waals surface area contributed by atoms with Gasteiger partial charge in [0.2, 0.25) is 5.91 Å². The average molecular weight is 483 g/mol. The van der Waals surface area contributed by atoms with Gasteiger partial charge < -0.3 is 10.4 Å². The number of hydrogen-bond donors (Lipinski definition) is 2. The summed E-state index contributed by atoms with van der Waals surface area (Å²) in [7, 11) is 0. The molecule has 1 heterocycles. The van der Waals surface area contributed by atoms with Gasteiger partial charge in [0.05, 0.1) is 17.6 Å². The molecule has 1 amide bonds. The highest BCUT2D eigenvalue weighted by Gasteiger charge is 2.41. The Morgan fingerprint density at radius 3 is 1.86 bits per heavy atom. The van der Waals surface area contributed by atoms with E-state index >= 15 is 0 Å². The highest BCUT2D eigenvalue weighted by Crippen LogP contribution is 2.37. The molecule has 1 aliphatic rings. The Balaban J connectivity index is 1.73. The first-order chi connectivity index (χ1) is 16.8. The Morgan fingerprint density at radius 1 is 0.943 bits per heavy atom. The van der Waals surface area contributed by atoms with Crippen molar-refractivity contribution in [1.29, 1.82) is 0 Å². The van der Waals surface area contributed by atoms with E-state index in [-0.39, 0.29) is 11.7 Å². The van der Waals surface area contributed by atoms with Crippen LogP contribution in [-0.2, 0) is 10.2 Å². The molecule has 3 aromatic rings. The minimum absolute atomic E-state index is 0.327. The number of aliphatic hydroxyl groups is 1. The summed E-state index contributed by atoms with van der Waals surface area (Å²) in [5.74, 6) is -1.55. The summed E-state index contributed by atoms with van der Waals surface area (Å²) in [6, 6.07) is 17.0. The van der Waals surface area contributed by atoms with Crippen LogP contribution in [0.15, 0.2) is 72.8 Å². The number of amides is 1. The van der Waals surface area contributed by atoms with E-state index in [9.17, 15) is 23.1 Å². The van der Waals surface area contributed by atoms with Crippen LogP contribution in [0.1, 0.15) is 42.5 Å². The van der Waals surface area contributed by atoms with Crippen molar-refractivity contribution in [2.45, 2.75) is 37.3 Å². The number of aliphatic hydroxyl groups excluding tert-OH is 1. The van der Waals surface area contributed by atoms with Gasteiger partial charge in [0.25, 0.3) is 0 Å². The van der Waals surface area contributed by atoms with E-state index in [0.29, 0.717) is 43.6 Å². The van der Waals surface area contributed by atoms with Gasteiger partial charge >= 0.3 is 0 Å². The molecule has 4 rings (SSSR count). The number of nitrogens with zero attached hydrogens (tertiary/aromatic N) is 1. The molecule has 0 spiro atoms. The molecule has 1 fully saturated rings. The lowest BCUT2D eigenvalue weighted by atomic mass is 9.71. The number of β-amino-alcohol motifs (C(OH)–C–C–N with tert-alkyl or cyclic N) is 1. The first kappa shape index (κ1) is 24.9. The van der Waals surface area contributed by atoms with Crippen molar-refractivity contribution in [3.05, 3.63) is 107 Å². The molecule has 2 atom stereocenters. The fourth-order valence-electron chi connectivity index (χ4n) is 4.91. The molecule has 1 saturated heterocycles. The second kappa shape index (κ2) is 10.6. The van der Waals surface area contributed by atoms with Gasteiger partial charge in [-0.15, -0.1) is 0 Å². The fraction of sp³-hybridized carbons (Fsp3) is 0.321. The molecule has 0 aliphatic carbocycles. The normalized spacial score (nSPS) is 17.3. The second-order valence-corrected chi connectivity index (χ2v) is 9.05. The maximum atomic E-state index is 14.1. The molecule has 0 radical (unpaired) electrons. The van der Waals surface area contributed by atoms with Crippen LogP contribution in [-0.4, -0.2) is 41.7 Å². The van der Waals surface area contributed by atoms with Gasteiger partial charge in [-0.25, -0.2) is 13.2 Å². The monoisotopic (exact) mass is 482 g/mol. The van der Waals surface area contributed by atoms with E-state index in [1.807, 2.05) is 6.92 Å². The minimum Gasteiger partial charge on any atom is -0.392 e. The molecule has 7 heteroatoms. The van der Waals surface area contributed by atoms with Crippen LogP contribution in [0.2, 0.25) is 0 Å². The van der Waals surface area contributed by atoms with Crippen LogP contribution in [0, 0.1) is 17.5 Å². The minimum atomic E-state index is -1.20. The molecular formula is C28H29F3N2O2. The summed E-state index contributed by atoms with van der Waals surface area (Å²) in [5, 5.41) is 13.1. The standard InChI is InChI=1S/C28H29F3N2O2/c1-2-28(20-5-11-23(30)12-6-20,21-7-13-24(31)14-8-21)27(35)32-26(18-33-16-15-25(34)17-33)19-3-9-22(29)10-4-19/h3-14,25-26,34H,2,15-18H2,1H3,(H,32,35)/t25?,26-/m1/s1. The maximum absolute atomic E-state index is 14.1. The lowest BCUT2D eigenvalue weighted by Crippen LogP contribution is -2.48. The lowest BCUT2D eigenvalue weighted by molar-refractivity contribution is -0.126. The number of halogens is 3. The van der Waals surface area contributed by atoms with E-state index in [4.69, 9.17) is 0 Å². The Bertz CT molecular complexity index is 1090. The van der Waals surface area contributed by atoms with Crippen LogP contribution in [0.25, 0.3) is 0 Å². The molecule has 0 aromatic heterocycles. The van der Waals surface area contributed by atoms with Gasteiger partial charge in [-0.05, 0) is 65.9 Å². The molecule has 0 bridgehead atoms. The number of hydrogen-bond acceptors (Lipinski definition) is 3. The molecule has 0 saturated carbocycles. The van der Waals surface area contributed by atoms with Gasteiger partial charge in [0, 0.05) is 19.6 Å². The SMILES string of the molecule is CCC(C(=O)N[C@H](CN1CCC(O)C1)c1ccc(F)cc1)(c1ccc(F)cc1)c1ccc(F)cc1. The summed E-state index contributed by atoms with van der Waals surface area (Å²) in [4.78, 5) is 16.2. The van der Waals surface area contributed by atoms with Crippen molar-refractivity contribution in [3.8, 4) is 0 Å². The predicted molar refractivity (Wildman–Crippen MR) is 128 cm³/mol. The smallest absolute Gasteiger partial charge is 0.235 e. The van der Waals surface area contributed by atoms with Crippen LogP contribution >= 0.6 is 0 Å². The third kappa shape index (κ3) is 5.41. The van der Waals surface area contributed by atoms with Crippen LogP contribution < -0.4 is 5.32 Å². The first-order valence-electron chi connectivity index (χ1n) is 11.8. The molecule has 4 nitrogen and oxygen atoms in total. The van der Waals surface area contributed by atoms with Crippen LogP contribution in [0.3, 0.4) is 0 Å². The van der Waals surface area contributed by atoms with E-state index in [0.717, 1.165) is 5.56 Å². The van der Waals surface area contributed by atoms with Gasteiger partial charge in [0.15, 0.2) is 0 Å². The number of nitrogens with one attached hydrogen (secondary N) is 1. The number of likely N-dealkylation sites (tertiary alicyclic amines) is 1. The average Bonchev–Trinajstić information content (AvgIpc) is 3.26. The number of carbonyl (C=O) groups is 1. The molecule has 1 unspecified atom stereocenters. The lowest BCUT2D eigenvalue weighted by Gasteiger charge is -2.35. The highest BCUT2D eigenvalue weighted by atomic mass is 19.1. The topological polar surface area (TPSA) is 52.6 Å². The molecule has 35 heavy (non-hydrogen) atoms. The molecule has 1 aliphatic heterocycles. The Labute approximate surface area is 203 Å². The van der Waals surface area contributed by atoms with Crippen molar-refractivity contribution in [2.75, 3.05) is 19.6 Å². The largest absolute Gasteiger partial charge is 0.392 e. The summed E-state index contributed by atoms with van der Waals surface area (Å²) >= 11 is 0. The summed E-state index contributed by atoms with van der Waals surface area (Å²) in [5.41, 5.74) is 0.689. The number of carbonyl (C=O) groups excluding carboxylic acids is 1. The summed E-state index contributed by atoms with van der Waals surface area (Å²) in [6.07, 6.45) is 0.565. The second-order valence-electron chi connectivity index (χ2n) is 9.05. The van der Waals surface area contributed by atoms with E-state index in [1.54, 1.807) is 36.4 Å². The molecule has 2 N–H and O–H groups in total. The summed E-state index contributed by atoms with van der Waals surface area (Å²) in [6.45, 7) is 3.46. The Morgan fingerprint density at radius 2 is 1.43 bits per heavy atom. The van der Waals surface area contributed by atoms with Gasteiger partial charge in [-0.3, -0.25) is 9.69 Å². The Hall–Kier alpha value is -3.16. The van der Waals surface area contributed by atoms with Crippen molar-refractivity contribution < 1.29 is 23.1 Å². The van der Waals surface area contributed by atoms with Gasteiger partial charge in [0.1, 0.15) is 17.5 Å². The van der Waals surface area contributed by atoms with Crippen molar-refractivity contribution in [3.63, 3.8) is 0 Å². The molecule has 3 aromatic carbocycles. The van der Waals surface area contributed by atoms with Crippen LogP contribution in [0.5, 0.6) is 0 Å². The summed E-state index contributed by atoms with van der Waals surface area (Å²) < 4.78 is 41.1. The zero-order valence-electron chi connectivity index (χ0n) is 19.6. The van der Waals surface area contributed by atoms with Gasteiger partial charge in [-0.2, -0.15) is 0 Å².